The lowest BCUT2D eigenvalue weighted by Crippen LogP contribution is -2.53. The topological polar surface area (TPSA) is 36.0 Å². The van der Waals surface area contributed by atoms with Gasteiger partial charge in [-0.05, 0) is 53.6 Å². The van der Waals surface area contributed by atoms with Crippen LogP contribution in [0.5, 0.6) is 5.75 Å². The molecule has 6 heteroatoms. The zero-order valence-corrected chi connectivity index (χ0v) is 19.6. The van der Waals surface area contributed by atoms with Gasteiger partial charge in [0, 0.05) is 45.3 Å². The molecule has 5 rings (SSSR count). The number of carbonyl (C=O) groups excluding carboxylic acids is 1. The zero-order valence-electron chi connectivity index (χ0n) is 19.6. The predicted octanol–water partition coefficient (Wildman–Crippen LogP) is 3.95. The minimum atomic E-state index is -0.346. The minimum absolute atomic E-state index is 0.259. The summed E-state index contributed by atoms with van der Waals surface area (Å²) >= 11 is 0. The molecule has 2 aromatic carbocycles. The third-order valence-electron chi connectivity index (χ3n) is 7.65. The van der Waals surface area contributed by atoms with Crippen LogP contribution in [-0.4, -0.2) is 73.0 Å². The Kier molecular flexibility index (Phi) is 6.65. The van der Waals surface area contributed by atoms with E-state index in [0.29, 0.717) is 6.54 Å². The molecule has 2 aromatic rings. The molecule has 2 heterocycles. The van der Waals surface area contributed by atoms with Crippen LogP contribution < -0.4 is 4.74 Å². The Labute approximate surface area is 196 Å². The van der Waals surface area contributed by atoms with E-state index in [-0.39, 0.29) is 17.5 Å². The molecule has 0 N–H and O–H groups in total. The molecule has 1 aliphatic carbocycles. The SMILES string of the molecule is COc1ccc(-c2ccc3c(c2)CCN(CC(=O)N2CCN(C4CCCC4)CC2)C3)cc1F. The van der Waals surface area contributed by atoms with Crippen LogP contribution in [0.3, 0.4) is 0 Å². The fourth-order valence-corrected chi connectivity index (χ4v) is 5.67. The summed E-state index contributed by atoms with van der Waals surface area (Å²) in [5, 5.41) is 0. The van der Waals surface area contributed by atoms with Crippen LogP contribution in [0, 0.1) is 5.82 Å². The average Bonchev–Trinajstić information content (AvgIpc) is 3.39. The maximum atomic E-state index is 14.1. The van der Waals surface area contributed by atoms with Gasteiger partial charge < -0.3 is 9.64 Å². The lowest BCUT2D eigenvalue weighted by atomic mass is 9.94. The Hall–Kier alpha value is -2.44. The maximum Gasteiger partial charge on any atom is 0.236 e. The first-order valence-electron chi connectivity index (χ1n) is 12.3. The van der Waals surface area contributed by atoms with Gasteiger partial charge in [0.05, 0.1) is 13.7 Å². The van der Waals surface area contributed by atoms with Crippen molar-refractivity contribution < 1.29 is 13.9 Å². The van der Waals surface area contributed by atoms with Crippen molar-refractivity contribution in [3.63, 3.8) is 0 Å². The molecule has 1 saturated carbocycles. The van der Waals surface area contributed by atoms with Crippen LogP contribution in [0.1, 0.15) is 36.8 Å². The molecule has 1 saturated heterocycles. The standard InChI is InChI=1S/C27H34FN3O2/c1-33-26-9-8-21(17-25(26)28)20-6-7-23-18-29(11-10-22(23)16-20)19-27(32)31-14-12-30(13-15-31)24-4-2-3-5-24/h6-9,16-17,24H,2-5,10-15,18-19H2,1H3. The monoisotopic (exact) mass is 451 g/mol. The number of carbonyl (C=O) groups is 1. The number of amides is 1. The smallest absolute Gasteiger partial charge is 0.236 e. The first-order valence-corrected chi connectivity index (χ1v) is 12.3. The van der Waals surface area contributed by atoms with Gasteiger partial charge in [0.25, 0.3) is 0 Å². The van der Waals surface area contributed by atoms with Gasteiger partial charge in [-0.3, -0.25) is 14.6 Å². The van der Waals surface area contributed by atoms with Crippen molar-refractivity contribution in [3.05, 3.63) is 53.3 Å². The van der Waals surface area contributed by atoms with E-state index in [9.17, 15) is 9.18 Å². The number of hydrogen-bond donors (Lipinski definition) is 0. The molecule has 1 amide bonds. The lowest BCUT2D eigenvalue weighted by molar-refractivity contribution is -0.134. The Morgan fingerprint density at radius 1 is 0.970 bits per heavy atom. The van der Waals surface area contributed by atoms with Crippen molar-refractivity contribution >= 4 is 5.91 Å². The van der Waals surface area contributed by atoms with Crippen LogP contribution in [0.4, 0.5) is 4.39 Å². The number of fused-ring (bicyclic) bond motifs is 1. The summed E-state index contributed by atoms with van der Waals surface area (Å²) in [6.07, 6.45) is 6.29. The molecule has 0 bridgehead atoms. The van der Waals surface area contributed by atoms with Gasteiger partial charge >= 0.3 is 0 Å². The van der Waals surface area contributed by atoms with Crippen LogP contribution in [0.2, 0.25) is 0 Å². The summed E-state index contributed by atoms with van der Waals surface area (Å²) in [6, 6.07) is 12.2. The Morgan fingerprint density at radius 2 is 1.70 bits per heavy atom. The van der Waals surface area contributed by atoms with Gasteiger partial charge in [-0.25, -0.2) is 4.39 Å². The van der Waals surface area contributed by atoms with Gasteiger partial charge in [0.2, 0.25) is 5.91 Å². The fourth-order valence-electron chi connectivity index (χ4n) is 5.67. The maximum absolute atomic E-state index is 14.1. The summed E-state index contributed by atoms with van der Waals surface area (Å²) < 4.78 is 19.2. The molecule has 0 radical (unpaired) electrons. The summed E-state index contributed by atoms with van der Waals surface area (Å²) in [5.74, 6) is 0.174. The van der Waals surface area contributed by atoms with E-state index >= 15 is 0 Å². The molecular formula is C27H34FN3O2. The molecule has 2 aliphatic heterocycles. The van der Waals surface area contributed by atoms with Crippen molar-refractivity contribution in [2.45, 2.75) is 44.7 Å². The number of rotatable bonds is 5. The van der Waals surface area contributed by atoms with E-state index < -0.39 is 0 Å². The van der Waals surface area contributed by atoms with Gasteiger partial charge in [0.15, 0.2) is 11.6 Å². The predicted molar refractivity (Wildman–Crippen MR) is 128 cm³/mol. The van der Waals surface area contributed by atoms with Crippen molar-refractivity contribution in [2.24, 2.45) is 0 Å². The van der Waals surface area contributed by atoms with E-state index in [0.717, 1.165) is 62.9 Å². The summed E-state index contributed by atoms with van der Waals surface area (Å²) in [4.78, 5) is 19.9. The summed E-state index contributed by atoms with van der Waals surface area (Å²) in [5.41, 5.74) is 4.42. The van der Waals surface area contributed by atoms with Gasteiger partial charge in [0.1, 0.15) is 0 Å². The number of halogens is 1. The second kappa shape index (κ2) is 9.82. The highest BCUT2D eigenvalue weighted by atomic mass is 19.1. The highest BCUT2D eigenvalue weighted by molar-refractivity contribution is 5.78. The fraction of sp³-hybridized carbons (Fsp3) is 0.519. The molecule has 0 aromatic heterocycles. The van der Waals surface area contributed by atoms with Gasteiger partial charge in [-0.2, -0.15) is 0 Å². The molecule has 176 valence electrons. The number of ether oxygens (including phenoxy) is 1. The molecular weight excluding hydrogens is 417 g/mol. The largest absolute Gasteiger partial charge is 0.494 e. The van der Waals surface area contributed by atoms with Gasteiger partial charge in [-0.1, -0.05) is 37.1 Å². The normalized spacial score (nSPS) is 20.1. The van der Waals surface area contributed by atoms with Crippen molar-refractivity contribution in [2.75, 3.05) is 46.4 Å². The highest BCUT2D eigenvalue weighted by Crippen LogP contribution is 2.29. The highest BCUT2D eigenvalue weighted by Gasteiger charge is 2.29. The first kappa shape index (κ1) is 22.4. The number of nitrogens with zero attached hydrogens (tertiary/aromatic N) is 3. The lowest BCUT2D eigenvalue weighted by Gasteiger charge is -2.39. The van der Waals surface area contributed by atoms with Crippen molar-refractivity contribution in [3.8, 4) is 16.9 Å². The number of piperazine rings is 1. The van der Waals surface area contributed by atoms with Crippen LogP contribution in [-0.2, 0) is 17.8 Å². The third-order valence-corrected chi connectivity index (χ3v) is 7.65. The zero-order chi connectivity index (χ0) is 22.8. The molecule has 3 aliphatic rings. The van der Waals surface area contributed by atoms with E-state index in [2.05, 4.69) is 26.8 Å². The third kappa shape index (κ3) is 4.92. The Morgan fingerprint density at radius 3 is 2.42 bits per heavy atom. The molecule has 0 atom stereocenters. The summed E-state index contributed by atoms with van der Waals surface area (Å²) in [6.45, 7) is 5.93. The minimum Gasteiger partial charge on any atom is -0.494 e. The van der Waals surface area contributed by atoms with E-state index in [1.54, 1.807) is 6.07 Å². The number of benzene rings is 2. The Balaban J connectivity index is 1.17. The van der Waals surface area contributed by atoms with Crippen molar-refractivity contribution in [1.82, 2.24) is 14.7 Å². The van der Waals surface area contributed by atoms with Crippen molar-refractivity contribution in [1.29, 1.82) is 0 Å². The number of methoxy groups -OCH3 is 1. The van der Waals surface area contributed by atoms with Crippen LogP contribution in [0.25, 0.3) is 11.1 Å². The Bertz CT molecular complexity index is 997. The molecule has 5 nitrogen and oxygen atoms in total. The average molecular weight is 452 g/mol. The molecule has 0 unspecified atom stereocenters. The molecule has 0 spiro atoms. The quantitative estimate of drug-likeness (QED) is 0.690. The van der Waals surface area contributed by atoms with Crippen LogP contribution >= 0.6 is 0 Å². The summed E-state index contributed by atoms with van der Waals surface area (Å²) in [7, 11) is 1.48. The van der Waals surface area contributed by atoms with Gasteiger partial charge in [-0.15, -0.1) is 0 Å². The van der Waals surface area contributed by atoms with E-state index in [4.69, 9.17) is 4.74 Å². The number of hydrogen-bond acceptors (Lipinski definition) is 4. The molecule has 33 heavy (non-hydrogen) atoms. The van der Waals surface area contributed by atoms with E-state index in [1.165, 1.54) is 50.0 Å². The van der Waals surface area contributed by atoms with E-state index in [1.807, 2.05) is 12.1 Å². The second-order valence-corrected chi connectivity index (χ2v) is 9.65. The first-order chi connectivity index (χ1) is 16.1. The second-order valence-electron chi connectivity index (χ2n) is 9.65. The molecule has 2 fully saturated rings. The van der Waals surface area contributed by atoms with Crippen LogP contribution in [0.15, 0.2) is 36.4 Å².